The van der Waals surface area contributed by atoms with Crippen LogP contribution in [0.3, 0.4) is 0 Å². The molecule has 0 aliphatic heterocycles. The molecule has 2 aromatic carbocycles. The van der Waals surface area contributed by atoms with Gasteiger partial charge in [-0.1, -0.05) is 43.6 Å². The van der Waals surface area contributed by atoms with E-state index in [0.29, 0.717) is 16.5 Å². The Balaban J connectivity index is 2.26. The van der Waals surface area contributed by atoms with Crippen molar-refractivity contribution in [1.29, 1.82) is 5.26 Å². The second-order valence-electron chi connectivity index (χ2n) is 5.77. The van der Waals surface area contributed by atoms with E-state index in [4.69, 9.17) is 16.3 Å². The maximum absolute atomic E-state index is 12.6. The van der Waals surface area contributed by atoms with Crippen molar-refractivity contribution in [2.24, 2.45) is 0 Å². The van der Waals surface area contributed by atoms with Crippen LogP contribution in [0, 0.1) is 11.3 Å². The van der Waals surface area contributed by atoms with Gasteiger partial charge in [-0.2, -0.15) is 5.26 Å². The van der Waals surface area contributed by atoms with Crippen LogP contribution in [0.2, 0.25) is 5.02 Å². The molecule has 6 heteroatoms. The maximum atomic E-state index is 12.6. The van der Waals surface area contributed by atoms with Crippen LogP contribution in [-0.2, 0) is 17.6 Å². The third kappa shape index (κ3) is 5.02. The summed E-state index contributed by atoms with van der Waals surface area (Å²) in [5.41, 5.74) is 3.35. The molecule has 0 bridgehead atoms. The van der Waals surface area contributed by atoms with E-state index in [1.54, 1.807) is 18.2 Å². The number of hydrogen-bond acceptors (Lipinski definition) is 4. The summed E-state index contributed by atoms with van der Waals surface area (Å²) in [4.78, 5) is 12.6. The fraction of sp³-hybridized carbons (Fsp3) is 0.238. The minimum absolute atomic E-state index is 0.0509. The van der Waals surface area contributed by atoms with Gasteiger partial charge in [0.05, 0.1) is 12.8 Å². The van der Waals surface area contributed by atoms with Crippen LogP contribution in [0.25, 0.3) is 0 Å². The predicted molar refractivity (Wildman–Crippen MR) is 109 cm³/mol. The topological polar surface area (TPSA) is 74.2 Å². The van der Waals surface area contributed by atoms with Gasteiger partial charge < -0.3 is 15.4 Å². The Morgan fingerprint density at radius 1 is 1.22 bits per heavy atom. The van der Waals surface area contributed by atoms with Gasteiger partial charge in [-0.05, 0) is 42.2 Å². The van der Waals surface area contributed by atoms with E-state index in [1.165, 1.54) is 13.3 Å². The van der Waals surface area contributed by atoms with Gasteiger partial charge in [0.15, 0.2) is 0 Å². The van der Waals surface area contributed by atoms with Crippen LogP contribution in [0.15, 0.2) is 48.2 Å². The van der Waals surface area contributed by atoms with Crippen molar-refractivity contribution in [2.45, 2.75) is 26.7 Å². The largest absolute Gasteiger partial charge is 0.495 e. The molecule has 0 atom stereocenters. The third-order valence-electron chi connectivity index (χ3n) is 4.14. The lowest BCUT2D eigenvalue weighted by atomic mass is 10.0. The molecule has 2 rings (SSSR count). The van der Waals surface area contributed by atoms with Crippen molar-refractivity contribution in [3.05, 3.63) is 64.3 Å². The van der Waals surface area contributed by atoms with E-state index in [1.807, 2.05) is 38.1 Å². The first kappa shape index (κ1) is 20.3. The van der Waals surface area contributed by atoms with Crippen LogP contribution >= 0.6 is 11.6 Å². The molecule has 0 radical (unpaired) electrons. The zero-order valence-corrected chi connectivity index (χ0v) is 16.4. The number of hydrogen-bond donors (Lipinski definition) is 2. The maximum Gasteiger partial charge on any atom is 0.267 e. The summed E-state index contributed by atoms with van der Waals surface area (Å²) >= 11 is 6.00. The highest BCUT2D eigenvalue weighted by Crippen LogP contribution is 2.28. The highest BCUT2D eigenvalue weighted by Gasteiger charge is 2.14. The fourth-order valence-electron chi connectivity index (χ4n) is 2.68. The molecule has 0 heterocycles. The zero-order valence-electron chi connectivity index (χ0n) is 15.6. The van der Waals surface area contributed by atoms with Crippen LogP contribution in [-0.4, -0.2) is 13.0 Å². The van der Waals surface area contributed by atoms with Crippen LogP contribution in [0.5, 0.6) is 5.75 Å². The molecule has 5 nitrogen and oxygen atoms in total. The van der Waals surface area contributed by atoms with Gasteiger partial charge >= 0.3 is 0 Å². The summed E-state index contributed by atoms with van der Waals surface area (Å²) in [5, 5.41) is 15.7. The monoisotopic (exact) mass is 383 g/mol. The fourth-order valence-corrected chi connectivity index (χ4v) is 2.85. The number of carbonyl (C=O) groups excluding carboxylic acids is 1. The molecule has 140 valence electrons. The number of methoxy groups -OCH3 is 1. The van der Waals surface area contributed by atoms with Gasteiger partial charge in [0.2, 0.25) is 0 Å². The number of ether oxygens (including phenoxy) is 1. The Hall–Kier alpha value is -2.97. The molecule has 1 amide bonds. The van der Waals surface area contributed by atoms with Crippen LogP contribution in [0.4, 0.5) is 11.4 Å². The molecule has 0 spiro atoms. The Morgan fingerprint density at radius 3 is 2.44 bits per heavy atom. The van der Waals surface area contributed by atoms with E-state index in [0.717, 1.165) is 29.7 Å². The predicted octanol–water partition coefficient (Wildman–Crippen LogP) is 4.93. The Bertz CT molecular complexity index is 879. The lowest BCUT2D eigenvalue weighted by Crippen LogP contribution is -2.17. The minimum atomic E-state index is -0.471. The van der Waals surface area contributed by atoms with Crippen LogP contribution < -0.4 is 15.4 Å². The molecule has 0 saturated carbocycles. The zero-order chi connectivity index (χ0) is 19.8. The third-order valence-corrected chi connectivity index (χ3v) is 4.37. The molecule has 0 aliphatic carbocycles. The number of benzene rings is 2. The number of halogens is 1. The number of nitrogens with one attached hydrogen (secondary N) is 2. The van der Waals surface area contributed by atoms with E-state index in [-0.39, 0.29) is 5.57 Å². The minimum Gasteiger partial charge on any atom is -0.495 e. The summed E-state index contributed by atoms with van der Waals surface area (Å²) in [5.74, 6) is 0.0829. The Kier molecular flexibility index (Phi) is 7.27. The first-order chi connectivity index (χ1) is 13.0. The van der Waals surface area contributed by atoms with E-state index in [2.05, 4.69) is 10.6 Å². The van der Waals surface area contributed by atoms with Gasteiger partial charge in [0, 0.05) is 16.9 Å². The Morgan fingerprint density at radius 2 is 1.89 bits per heavy atom. The second-order valence-corrected chi connectivity index (χ2v) is 6.21. The van der Waals surface area contributed by atoms with Crippen molar-refractivity contribution in [2.75, 3.05) is 17.7 Å². The van der Waals surface area contributed by atoms with Crippen molar-refractivity contribution in [1.82, 2.24) is 0 Å². The number of rotatable bonds is 7. The quantitative estimate of drug-likeness (QED) is 0.525. The molecular weight excluding hydrogens is 362 g/mol. The van der Waals surface area contributed by atoms with Gasteiger partial charge in [0.25, 0.3) is 5.91 Å². The first-order valence-electron chi connectivity index (χ1n) is 8.66. The van der Waals surface area contributed by atoms with Crippen LogP contribution in [0.1, 0.15) is 25.0 Å². The standard InChI is InChI=1S/C21H22ClN3O2/c1-4-14-7-6-8-15(5-2)20(14)25-21(26)16(12-23)13-24-18-11-17(22)9-10-19(18)27-3/h6-11,13,24H,4-5H2,1-3H3,(H,25,26)/b16-13-. The molecule has 0 aliphatic rings. The van der Waals surface area contributed by atoms with Crippen molar-refractivity contribution in [3.8, 4) is 11.8 Å². The average molecular weight is 384 g/mol. The normalized spacial score (nSPS) is 10.9. The van der Waals surface area contributed by atoms with E-state index < -0.39 is 5.91 Å². The molecule has 0 fully saturated rings. The molecule has 0 saturated heterocycles. The SMILES string of the molecule is CCc1cccc(CC)c1NC(=O)/C(C#N)=C\Nc1cc(Cl)ccc1OC. The lowest BCUT2D eigenvalue weighted by Gasteiger charge is -2.14. The molecule has 2 N–H and O–H groups in total. The summed E-state index contributed by atoms with van der Waals surface area (Å²) in [6.07, 6.45) is 2.92. The molecule has 0 unspecified atom stereocenters. The van der Waals surface area contributed by atoms with Gasteiger partial charge in [0.1, 0.15) is 17.4 Å². The molecular formula is C21H22ClN3O2. The first-order valence-corrected chi connectivity index (χ1v) is 9.04. The number of nitriles is 1. The Labute approximate surface area is 164 Å². The smallest absolute Gasteiger partial charge is 0.267 e. The summed E-state index contributed by atoms with van der Waals surface area (Å²) < 4.78 is 5.25. The van der Waals surface area contributed by atoms with E-state index in [9.17, 15) is 10.1 Å². The van der Waals surface area contributed by atoms with Crippen molar-refractivity contribution < 1.29 is 9.53 Å². The number of aryl methyl sites for hydroxylation is 2. The van der Waals surface area contributed by atoms with Gasteiger partial charge in [-0.25, -0.2) is 0 Å². The highest BCUT2D eigenvalue weighted by molar-refractivity contribution is 6.31. The molecule has 0 aromatic heterocycles. The number of amides is 1. The number of anilines is 2. The van der Waals surface area contributed by atoms with Gasteiger partial charge in [-0.3, -0.25) is 4.79 Å². The second kappa shape index (κ2) is 9.65. The number of nitrogens with zero attached hydrogens (tertiary/aromatic N) is 1. The van der Waals surface area contributed by atoms with E-state index >= 15 is 0 Å². The number of para-hydroxylation sites is 1. The summed E-state index contributed by atoms with van der Waals surface area (Å²) in [6.45, 7) is 4.05. The number of carbonyl (C=O) groups is 1. The van der Waals surface area contributed by atoms with Crippen molar-refractivity contribution in [3.63, 3.8) is 0 Å². The molecule has 2 aromatic rings. The highest BCUT2D eigenvalue weighted by atomic mass is 35.5. The summed E-state index contributed by atoms with van der Waals surface area (Å²) in [7, 11) is 1.53. The average Bonchev–Trinajstić information content (AvgIpc) is 2.68. The molecule has 27 heavy (non-hydrogen) atoms. The summed E-state index contributed by atoms with van der Waals surface area (Å²) in [6, 6.07) is 12.9. The van der Waals surface area contributed by atoms with Crippen molar-refractivity contribution >= 4 is 28.9 Å². The van der Waals surface area contributed by atoms with Gasteiger partial charge in [-0.15, -0.1) is 0 Å². The lowest BCUT2D eigenvalue weighted by molar-refractivity contribution is -0.112.